The van der Waals surface area contributed by atoms with Gasteiger partial charge in [0, 0.05) is 9.50 Å². The van der Waals surface area contributed by atoms with E-state index in [2.05, 4.69) is 31.9 Å². The van der Waals surface area contributed by atoms with Crippen LogP contribution in [0.15, 0.2) is 53.0 Å². The number of hydrogen-bond donors (Lipinski definition) is 3. The van der Waals surface area contributed by atoms with Crippen molar-refractivity contribution in [1.29, 1.82) is 0 Å². The average molecular weight is 411 g/mol. The first kappa shape index (κ1) is 18.3. The molecule has 0 saturated heterocycles. The van der Waals surface area contributed by atoms with E-state index in [0.717, 1.165) is 10.0 Å². The third kappa shape index (κ3) is 5.54. The van der Waals surface area contributed by atoms with Gasteiger partial charge < -0.3 is 16.0 Å². The Labute approximate surface area is 153 Å². The van der Waals surface area contributed by atoms with Crippen LogP contribution in [0.4, 0.5) is 10.5 Å². The first-order valence-corrected chi connectivity index (χ1v) is 8.47. The molecule has 7 heteroatoms. The molecule has 2 aromatic carbocycles. The first-order valence-electron chi connectivity index (χ1n) is 7.30. The van der Waals surface area contributed by atoms with Crippen LogP contribution in [0.3, 0.4) is 0 Å². The highest BCUT2D eigenvalue weighted by Gasteiger charge is 2.11. The van der Waals surface area contributed by atoms with E-state index in [4.69, 9.17) is 11.6 Å². The summed E-state index contributed by atoms with van der Waals surface area (Å²) in [6.07, 6.45) is 0. The fourth-order valence-electron chi connectivity index (χ4n) is 2.00. The highest BCUT2D eigenvalue weighted by atomic mass is 79.9. The topological polar surface area (TPSA) is 70.2 Å². The van der Waals surface area contributed by atoms with E-state index in [0.29, 0.717) is 10.7 Å². The number of carbonyl (C=O) groups excluding carboxylic acids is 2. The third-order valence-electron chi connectivity index (χ3n) is 3.28. The number of rotatable bonds is 5. The molecule has 0 aliphatic heterocycles. The van der Waals surface area contributed by atoms with E-state index in [1.54, 1.807) is 18.2 Å². The van der Waals surface area contributed by atoms with E-state index < -0.39 is 6.03 Å². The Morgan fingerprint density at radius 2 is 1.79 bits per heavy atom. The number of carbonyl (C=O) groups is 2. The number of hydrogen-bond acceptors (Lipinski definition) is 2. The summed E-state index contributed by atoms with van der Waals surface area (Å²) >= 11 is 9.18. The molecule has 0 heterocycles. The van der Waals surface area contributed by atoms with Gasteiger partial charge in [-0.05, 0) is 52.7 Å². The second kappa shape index (κ2) is 8.70. The van der Waals surface area contributed by atoms with E-state index in [1.807, 2.05) is 37.3 Å². The van der Waals surface area contributed by atoms with Crippen LogP contribution in [0.5, 0.6) is 0 Å². The van der Waals surface area contributed by atoms with Crippen LogP contribution in [-0.2, 0) is 4.79 Å². The second-order valence-corrected chi connectivity index (χ2v) is 6.42. The highest BCUT2D eigenvalue weighted by Crippen LogP contribution is 2.20. The number of para-hydroxylation sites is 1. The summed E-state index contributed by atoms with van der Waals surface area (Å²) in [5, 5.41) is 8.65. The Bertz CT molecular complexity index is 722. The fourth-order valence-corrected chi connectivity index (χ4v) is 2.51. The maximum atomic E-state index is 11.9. The predicted molar refractivity (Wildman–Crippen MR) is 99.2 cm³/mol. The zero-order valence-electron chi connectivity index (χ0n) is 13.0. The summed E-state index contributed by atoms with van der Waals surface area (Å²) in [5.74, 6) is -0.309. The van der Waals surface area contributed by atoms with Crippen molar-refractivity contribution < 1.29 is 9.59 Å². The van der Waals surface area contributed by atoms with Crippen LogP contribution in [0, 0.1) is 0 Å². The molecule has 0 radical (unpaired) electrons. The van der Waals surface area contributed by atoms with Gasteiger partial charge in [-0.1, -0.05) is 35.9 Å². The highest BCUT2D eigenvalue weighted by molar-refractivity contribution is 9.10. The Morgan fingerprint density at radius 3 is 2.46 bits per heavy atom. The van der Waals surface area contributed by atoms with Crippen molar-refractivity contribution in [3.8, 4) is 0 Å². The van der Waals surface area contributed by atoms with E-state index in [-0.39, 0.29) is 18.5 Å². The molecular formula is C17H17BrClN3O2. The van der Waals surface area contributed by atoms with Crippen molar-refractivity contribution in [3.05, 3.63) is 63.6 Å². The van der Waals surface area contributed by atoms with Gasteiger partial charge in [-0.15, -0.1) is 0 Å². The number of anilines is 1. The lowest BCUT2D eigenvalue weighted by Gasteiger charge is -2.15. The third-order valence-corrected chi connectivity index (χ3v) is 4.22. The number of benzene rings is 2. The summed E-state index contributed by atoms with van der Waals surface area (Å²) < 4.78 is 0.777. The Kier molecular flexibility index (Phi) is 6.63. The van der Waals surface area contributed by atoms with Crippen LogP contribution in [0.2, 0.25) is 5.02 Å². The number of nitrogens with one attached hydrogen (secondary N) is 3. The Morgan fingerprint density at radius 1 is 1.12 bits per heavy atom. The monoisotopic (exact) mass is 409 g/mol. The molecule has 2 rings (SSSR count). The van der Waals surface area contributed by atoms with Gasteiger partial charge in [0.15, 0.2) is 0 Å². The van der Waals surface area contributed by atoms with Crippen LogP contribution in [-0.4, -0.2) is 18.5 Å². The summed E-state index contributed by atoms with van der Waals surface area (Å²) in [7, 11) is 0. The van der Waals surface area contributed by atoms with Crippen molar-refractivity contribution in [2.24, 2.45) is 0 Å². The molecule has 1 atom stereocenters. The van der Waals surface area contributed by atoms with Crippen LogP contribution < -0.4 is 16.0 Å². The van der Waals surface area contributed by atoms with Gasteiger partial charge in [-0.3, -0.25) is 4.79 Å². The largest absolute Gasteiger partial charge is 0.332 e. The molecular weight excluding hydrogens is 394 g/mol. The van der Waals surface area contributed by atoms with Gasteiger partial charge in [-0.25, -0.2) is 4.79 Å². The maximum Gasteiger partial charge on any atom is 0.315 e. The molecule has 3 N–H and O–H groups in total. The van der Waals surface area contributed by atoms with Gasteiger partial charge in [-0.2, -0.15) is 0 Å². The minimum Gasteiger partial charge on any atom is -0.332 e. The molecule has 0 saturated carbocycles. The van der Waals surface area contributed by atoms with E-state index in [9.17, 15) is 9.59 Å². The molecule has 5 nitrogen and oxygen atoms in total. The number of halogens is 2. The van der Waals surface area contributed by atoms with E-state index >= 15 is 0 Å². The van der Waals surface area contributed by atoms with Crippen LogP contribution in [0.25, 0.3) is 0 Å². The molecule has 0 fully saturated rings. The predicted octanol–water partition coefficient (Wildman–Crippen LogP) is 4.10. The smallest absolute Gasteiger partial charge is 0.315 e. The lowest BCUT2D eigenvalue weighted by Crippen LogP contribution is -2.41. The summed E-state index contributed by atoms with van der Waals surface area (Å²) in [4.78, 5) is 23.8. The molecule has 3 amide bonds. The first-order chi connectivity index (χ1) is 11.5. The molecule has 0 aliphatic rings. The lowest BCUT2D eigenvalue weighted by atomic mass is 10.1. The quantitative estimate of drug-likeness (QED) is 0.694. The minimum atomic E-state index is -0.417. The zero-order valence-corrected chi connectivity index (χ0v) is 15.3. The van der Waals surface area contributed by atoms with Crippen LogP contribution >= 0.6 is 27.5 Å². The molecule has 126 valence electrons. The van der Waals surface area contributed by atoms with Gasteiger partial charge in [0.05, 0.1) is 18.3 Å². The number of urea groups is 1. The van der Waals surface area contributed by atoms with Crippen molar-refractivity contribution in [2.75, 3.05) is 11.9 Å². The standard InChI is InChI=1S/C17H17BrClN3O2/c1-11(12-6-8-13(19)9-7-12)21-17(24)20-10-16(23)22-15-5-3-2-4-14(15)18/h2-9,11H,10H2,1H3,(H,22,23)(H2,20,21,24)/t11-/m1/s1. The molecule has 0 aromatic heterocycles. The van der Waals surface area contributed by atoms with Crippen LogP contribution in [0.1, 0.15) is 18.5 Å². The normalized spacial score (nSPS) is 11.5. The van der Waals surface area contributed by atoms with Crippen molar-refractivity contribution in [3.63, 3.8) is 0 Å². The summed E-state index contributed by atoms with van der Waals surface area (Å²) in [6, 6.07) is 13.8. The SMILES string of the molecule is C[C@@H](NC(=O)NCC(=O)Nc1ccccc1Br)c1ccc(Cl)cc1. The van der Waals surface area contributed by atoms with Gasteiger partial charge >= 0.3 is 6.03 Å². The zero-order chi connectivity index (χ0) is 17.5. The minimum absolute atomic E-state index is 0.124. The average Bonchev–Trinajstić information content (AvgIpc) is 2.55. The lowest BCUT2D eigenvalue weighted by molar-refractivity contribution is -0.115. The molecule has 0 bridgehead atoms. The maximum absolute atomic E-state index is 11.9. The summed E-state index contributed by atoms with van der Waals surface area (Å²) in [6.45, 7) is 1.73. The van der Waals surface area contributed by atoms with Crippen molar-refractivity contribution in [1.82, 2.24) is 10.6 Å². The molecule has 24 heavy (non-hydrogen) atoms. The Balaban J connectivity index is 1.79. The number of amides is 3. The van der Waals surface area contributed by atoms with Crippen molar-refractivity contribution in [2.45, 2.75) is 13.0 Å². The molecule has 0 unspecified atom stereocenters. The van der Waals surface area contributed by atoms with Gasteiger partial charge in [0.25, 0.3) is 0 Å². The molecule has 0 spiro atoms. The van der Waals surface area contributed by atoms with Crippen molar-refractivity contribution >= 4 is 45.2 Å². The summed E-state index contributed by atoms with van der Waals surface area (Å²) in [5.41, 5.74) is 1.58. The Hall–Kier alpha value is -2.05. The second-order valence-electron chi connectivity index (χ2n) is 5.13. The van der Waals surface area contributed by atoms with Gasteiger partial charge in [0.1, 0.15) is 0 Å². The molecule has 0 aliphatic carbocycles. The van der Waals surface area contributed by atoms with E-state index in [1.165, 1.54) is 0 Å². The molecule has 2 aromatic rings. The fraction of sp³-hybridized carbons (Fsp3) is 0.176. The van der Waals surface area contributed by atoms with Gasteiger partial charge in [0.2, 0.25) is 5.91 Å².